The van der Waals surface area contributed by atoms with E-state index in [9.17, 15) is 0 Å². The Morgan fingerprint density at radius 1 is 1.44 bits per heavy atom. The molecule has 0 bridgehead atoms. The number of benzene rings is 1. The van der Waals surface area contributed by atoms with Crippen molar-refractivity contribution in [3.05, 3.63) is 35.5 Å². The van der Waals surface area contributed by atoms with Gasteiger partial charge in [0, 0.05) is 4.90 Å². The summed E-state index contributed by atoms with van der Waals surface area (Å²) in [6.45, 7) is 0. The highest BCUT2D eigenvalue weighted by atomic mass is 35.5. The van der Waals surface area contributed by atoms with Crippen LogP contribution in [-0.2, 0) is 0 Å². The van der Waals surface area contributed by atoms with Gasteiger partial charge in [0.2, 0.25) is 5.95 Å². The Morgan fingerprint density at radius 2 is 2.28 bits per heavy atom. The Hall–Kier alpha value is -1.50. The summed E-state index contributed by atoms with van der Waals surface area (Å²) < 4.78 is 5.16. The number of aromatic nitrogens is 2. The minimum atomic E-state index is 0.324. The monoisotopic (exact) mass is 282 g/mol. The molecule has 0 spiro atoms. The van der Waals surface area contributed by atoms with E-state index in [0.29, 0.717) is 16.0 Å². The molecular weight excluding hydrogens is 272 g/mol. The quantitative estimate of drug-likeness (QED) is 0.510. The largest absolute Gasteiger partial charge is 0.497 e. The fourth-order valence-corrected chi connectivity index (χ4v) is 2.30. The first-order valence-corrected chi connectivity index (χ1v) is 6.23. The number of nitrogen functional groups attached to an aromatic ring is 1. The van der Waals surface area contributed by atoms with Gasteiger partial charge in [-0.25, -0.2) is 15.8 Å². The molecule has 2 aromatic rings. The molecule has 18 heavy (non-hydrogen) atoms. The molecule has 7 heteroatoms. The summed E-state index contributed by atoms with van der Waals surface area (Å²) in [6, 6.07) is 7.62. The molecule has 3 N–H and O–H groups in total. The highest BCUT2D eigenvalue weighted by Crippen LogP contribution is 2.33. The van der Waals surface area contributed by atoms with Gasteiger partial charge in [-0.2, -0.15) is 0 Å². The van der Waals surface area contributed by atoms with E-state index >= 15 is 0 Å². The molecule has 94 valence electrons. The third-order valence-corrected chi connectivity index (χ3v) is 3.48. The van der Waals surface area contributed by atoms with Gasteiger partial charge in [0.25, 0.3) is 0 Å². The smallest absolute Gasteiger partial charge is 0.238 e. The summed E-state index contributed by atoms with van der Waals surface area (Å²) in [7, 11) is 1.62. The topological polar surface area (TPSA) is 73.1 Å². The minimum Gasteiger partial charge on any atom is -0.497 e. The van der Waals surface area contributed by atoms with Crippen LogP contribution in [0.25, 0.3) is 0 Å². The maximum atomic E-state index is 6.03. The molecule has 1 heterocycles. The summed E-state index contributed by atoms with van der Waals surface area (Å²) in [5.74, 6) is 6.36. The molecule has 0 saturated carbocycles. The van der Waals surface area contributed by atoms with E-state index in [1.165, 1.54) is 18.0 Å². The van der Waals surface area contributed by atoms with Crippen molar-refractivity contribution < 1.29 is 4.74 Å². The van der Waals surface area contributed by atoms with Gasteiger partial charge in [-0.1, -0.05) is 29.4 Å². The first-order chi connectivity index (χ1) is 8.72. The van der Waals surface area contributed by atoms with Crippen LogP contribution in [-0.4, -0.2) is 17.1 Å². The van der Waals surface area contributed by atoms with Crippen molar-refractivity contribution >= 4 is 29.3 Å². The molecule has 0 aliphatic rings. The lowest BCUT2D eigenvalue weighted by Gasteiger charge is -2.06. The van der Waals surface area contributed by atoms with Crippen molar-refractivity contribution in [2.75, 3.05) is 12.5 Å². The molecule has 0 aliphatic heterocycles. The van der Waals surface area contributed by atoms with Crippen LogP contribution in [0.4, 0.5) is 5.95 Å². The van der Waals surface area contributed by atoms with Crippen LogP contribution in [0.15, 0.2) is 40.4 Å². The van der Waals surface area contributed by atoms with E-state index in [-0.39, 0.29) is 0 Å². The van der Waals surface area contributed by atoms with Crippen LogP contribution in [0, 0.1) is 0 Å². The van der Waals surface area contributed by atoms with Crippen LogP contribution in [0.3, 0.4) is 0 Å². The van der Waals surface area contributed by atoms with E-state index < -0.39 is 0 Å². The van der Waals surface area contributed by atoms with Crippen molar-refractivity contribution in [2.45, 2.75) is 9.92 Å². The van der Waals surface area contributed by atoms with Gasteiger partial charge in [0.15, 0.2) is 0 Å². The second-order valence-corrected chi connectivity index (χ2v) is 4.74. The Balaban J connectivity index is 2.27. The van der Waals surface area contributed by atoms with Gasteiger partial charge in [0.05, 0.1) is 18.3 Å². The summed E-state index contributed by atoms with van der Waals surface area (Å²) in [4.78, 5) is 9.07. The number of methoxy groups -OCH3 is 1. The van der Waals surface area contributed by atoms with E-state index in [0.717, 1.165) is 10.6 Å². The van der Waals surface area contributed by atoms with Crippen LogP contribution >= 0.6 is 23.4 Å². The molecule has 0 unspecified atom stereocenters. The normalized spacial score (nSPS) is 10.2. The lowest BCUT2D eigenvalue weighted by molar-refractivity contribution is 0.413. The van der Waals surface area contributed by atoms with Crippen LogP contribution in [0.5, 0.6) is 5.75 Å². The summed E-state index contributed by atoms with van der Waals surface area (Å²) in [5.41, 5.74) is 2.38. The van der Waals surface area contributed by atoms with Gasteiger partial charge >= 0.3 is 0 Å². The van der Waals surface area contributed by atoms with Gasteiger partial charge in [0.1, 0.15) is 10.8 Å². The standard InChI is InChI=1S/C11H11ClN4OS/c1-17-7-3-2-4-8(5-7)18-10-9(12)6-14-11(15-10)16-13/h2-6H,13H2,1H3,(H,14,15,16). The van der Waals surface area contributed by atoms with Crippen molar-refractivity contribution in [1.82, 2.24) is 9.97 Å². The van der Waals surface area contributed by atoms with E-state index in [1.807, 2.05) is 24.3 Å². The zero-order valence-electron chi connectivity index (χ0n) is 9.55. The predicted octanol–water partition coefficient (Wildman–Crippen LogP) is 2.58. The Kier molecular flexibility index (Phi) is 4.24. The third-order valence-electron chi connectivity index (χ3n) is 2.10. The van der Waals surface area contributed by atoms with E-state index in [4.69, 9.17) is 22.2 Å². The molecule has 0 fully saturated rings. The highest BCUT2D eigenvalue weighted by molar-refractivity contribution is 7.99. The second-order valence-electron chi connectivity index (χ2n) is 3.27. The maximum Gasteiger partial charge on any atom is 0.238 e. The van der Waals surface area contributed by atoms with Crippen molar-refractivity contribution in [1.29, 1.82) is 0 Å². The highest BCUT2D eigenvalue weighted by Gasteiger charge is 2.07. The first kappa shape index (κ1) is 12.9. The molecule has 0 aliphatic carbocycles. The number of rotatable bonds is 4. The summed E-state index contributed by atoms with van der Waals surface area (Å²) in [5, 5.41) is 1.11. The summed E-state index contributed by atoms with van der Waals surface area (Å²) >= 11 is 7.45. The molecule has 1 aromatic heterocycles. The number of anilines is 1. The predicted molar refractivity (Wildman–Crippen MR) is 72.0 cm³/mol. The van der Waals surface area contributed by atoms with E-state index in [1.54, 1.807) is 7.11 Å². The van der Waals surface area contributed by atoms with Crippen molar-refractivity contribution in [3.8, 4) is 5.75 Å². The van der Waals surface area contributed by atoms with Crippen LogP contribution in [0.1, 0.15) is 0 Å². The lowest BCUT2D eigenvalue weighted by Crippen LogP contribution is -2.10. The molecule has 0 saturated heterocycles. The number of nitrogens with zero attached hydrogens (tertiary/aromatic N) is 2. The van der Waals surface area contributed by atoms with Gasteiger partial charge in [-0.15, -0.1) is 0 Å². The number of nitrogens with one attached hydrogen (secondary N) is 1. The van der Waals surface area contributed by atoms with Gasteiger partial charge in [-0.05, 0) is 18.2 Å². The maximum absolute atomic E-state index is 6.03. The van der Waals surface area contributed by atoms with Crippen LogP contribution in [0.2, 0.25) is 5.02 Å². The number of nitrogens with two attached hydrogens (primary N) is 1. The SMILES string of the molecule is COc1cccc(Sc2nc(NN)ncc2Cl)c1. The number of hydrogen-bond acceptors (Lipinski definition) is 6. The Morgan fingerprint density at radius 3 is 3.00 bits per heavy atom. The molecule has 0 amide bonds. The van der Waals surface area contributed by atoms with Crippen LogP contribution < -0.4 is 16.0 Å². The number of ether oxygens (including phenoxy) is 1. The summed E-state index contributed by atoms with van der Waals surface area (Å²) in [6.07, 6.45) is 1.51. The first-order valence-electron chi connectivity index (χ1n) is 5.04. The third kappa shape index (κ3) is 3.04. The average Bonchev–Trinajstić information content (AvgIpc) is 2.41. The average molecular weight is 283 g/mol. The number of hydrazine groups is 1. The number of hydrogen-bond donors (Lipinski definition) is 2. The second kappa shape index (κ2) is 5.90. The molecule has 2 rings (SSSR count). The number of halogens is 1. The fraction of sp³-hybridized carbons (Fsp3) is 0.0909. The lowest BCUT2D eigenvalue weighted by atomic mass is 10.3. The van der Waals surface area contributed by atoms with Crippen molar-refractivity contribution in [3.63, 3.8) is 0 Å². The molecule has 1 aromatic carbocycles. The Bertz CT molecular complexity index is 552. The fourth-order valence-electron chi connectivity index (χ4n) is 1.27. The molecule has 0 atom stereocenters. The molecule has 0 radical (unpaired) electrons. The van der Waals surface area contributed by atoms with Crippen molar-refractivity contribution in [2.24, 2.45) is 5.84 Å². The Labute approximate surface area is 114 Å². The van der Waals surface area contributed by atoms with Gasteiger partial charge < -0.3 is 4.74 Å². The van der Waals surface area contributed by atoms with Gasteiger partial charge in [-0.3, -0.25) is 5.43 Å². The zero-order chi connectivity index (χ0) is 13.0. The zero-order valence-corrected chi connectivity index (χ0v) is 11.1. The van der Waals surface area contributed by atoms with E-state index in [2.05, 4.69) is 15.4 Å². The molecular formula is C11H11ClN4OS. The molecule has 5 nitrogen and oxygen atoms in total. The minimum absolute atomic E-state index is 0.324.